The second-order valence-electron chi connectivity index (χ2n) is 7.87. The number of aryl methyl sites for hydroxylation is 1. The molecule has 0 aromatic heterocycles. The third kappa shape index (κ3) is 5.19. The molecule has 1 aromatic rings. The number of nitrogens with zero attached hydrogens (tertiary/aromatic N) is 2. The van der Waals surface area contributed by atoms with E-state index < -0.39 is 10.0 Å². The number of anilines is 1. The Hall–Kier alpha value is -1.60. The van der Waals surface area contributed by atoms with Crippen molar-refractivity contribution in [1.82, 2.24) is 10.2 Å². The van der Waals surface area contributed by atoms with Crippen molar-refractivity contribution in [1.29, 1.82) is 0 Å². The molecule has 0 aliphatic carbocycles. The van der Waals surface area contributed by atoms with Gasteiger partial charge in [-0.15, -0.1) is 0 Å². The molecule has 25 heavy (non-hydrogen) atoms. The Bertz CT molecular complexity index is 742. The number of nitrogens with one attached hydrogen (secondary N) is 1. The lowest BCUT2D eigenvalue weighted by Gasteiger charge is -2.30. The number of hydrogen-bond donors (Lipinski definition) is 1. The SMILES string of the molecule is CN(C)CC(C)(C)CNC(=O)c1ccc2c(c1)CCCN2S(C)(=O)=O. The summed E-state index contributed by atoms with van der Waals surface area (Å²) in [6.45, 7) is 6.18. The molecule has 2 rings (SSSR count). The Morgan fingerprint density at radius 2 is 2.00 bits per heavy atom. The van der Waals surface area contributed by atoms with Crippen LogP contribution in [0.3, 0.4) is 0 Å². The first kappa shape index (κ1) is 19.7. The first-order valence-electron chi connectivity index (χ1n) is 8.53. The second kappa shape index (κ2) is 7.33. The zero-order chi connectivity index (χ0) is 18.8. The van der Waals surface area contributed by atoms with E-state index in [-0.39, 0.29) is 11.3 Å². The fourth-order valence-electron chi connectivity index (χ4n) is 3.38. The quantitative estimate of drug-likeness (QED) is 0.831. The summed E-state index contributed by atoms with van der Waals surface area (Å²) in [5, 5.41) is 3.00. The van der Waals surface area contributed by atoms with Crippen molar-refractivity contribution in [2.45, 2.75) is 26.7 Å². The molecule has 1 aliphatic heterocycles. The van der Waals surface area contributed by atoms with Crippen LogP contribution in [0.2, 0.25) is 0 Å². The lowest BCUT2D eigenvalue weighted by Crippen LogP contribution is -2.40. The Kier molecular flexibility index (Phi) is 5.79. The Labute approximate surface area is 151 Å². The molecule has 0 unspecified atom stereocenters. The van der Waals surface area contributed by atoms with Gasteiger partial charge in [0.05, 0.1) is 11.9 Å². The maximum Gasteiger partial charge on any atom is 0.251 e. The topological polar surface area (TPSA) is 69.7 Å². The van der Waals surface area contributed by atoms with Crippen LogP contribution in [0, 0.1) is 5.41 Å². The predicted octanol–water partition coefficient (Wildman–Crippen LogP) is 1.72. The molecule has 0 saturated carbocycles. The van der Waals surface area contributed by atoms with Crippen LogP contribution < -0.4 is 9.62 Å². The molecule has 0 spiro atoms. The Morgan fingerprint density at radius 3 is 2.60 bits per heavy atom. The predicted molar refractivity (Wildman–Crippen MR) is 102 cm³/mol. The number of fused-ring (bicyclic) bond motifs is 1. The minimum absolute atomic E-state index is 0.0273. The molecule has 0 fully saturated rings. The smallest absolute Gasteiger partial charge is 0.251 e. The van der Waals surface area contributed by atoms with Gasteiger partial charge < -0.3 is 10.2 Å². The molecule has 0 bridgehead atoms. The van der Waals surface area contributed by atoms with Crippen molar-refractivity contribution in [3.63, 3.8) is 0 Å². The van der Waals surface area contributed by atoms with Gasteiger partial charge in [-0.2, -0.15) is 0 Å². The lowest BCUT2D eigenvalue weighted by molar-refractivity contribution is 0.0929. The fourth-order valence-corrected chi connectivity index (χ4v) is 4.38. The van der Waals surface area contributed by atoms with Crippen molar-refractivity contribution in [3.8, 4) is 0 Å². The van der Waals surface area contributed by atoms with Gasteiger partial charge in [-0.3, -0.25) is 9.10 Å². The molecule has 1 amide bonds. The zero-order valence-corrected chi connectivity index (χ0v) is 16.6. The molecule has 7 heteroatoms. The standard InChI is InChI=1S/C18H29N3O3S/c1-18(2,13-20(3)4)12-19-17(22)15-8-9-16-14(11-15)7-6-10-21(16)25(5,23)24/h8-9,11H,6-7,10,12-13H2,1-5H3,(H,19,22). The molecule has 1 N–H and O–H groups in total. The van der Waals surface area contributed by atoms with E-state index >= 15 is 0 Å². The first-order valence-corrected chi connectivity index (χ1v) is 10.4. The third-order valence-electron chi connectivity index (χ3n) is 4.29. The molecule has 0 saturated heterocycles. The molecule has 1 heterocycles. The molecular formula is C18H29N3O3S. The summed E-state index contributed by atoms with van der Waals surface area (Å²) < 4.78 is 25.2. The molecule has 0 atom stereocenters. The highest BCUT2D eigenvalue weighted by Gasteiger charge is 2.25. The van der Waals surface area contributed by atoms with Crippen LogP contribution >= 0.6 is 0 Å². The van der Waals surface area contributed by atoms with Crippen LogP contribution in [0.5, 0.6) is 0 Å². The minimum atomic E-state index is -3.29. The molecule has 0 radical (unpaired) electrons. The highest BCUT2D eigenvalue weighted by atomic mass is 32.2. The normalized spacial score (nSPS) is 15.2. The van der Waals surface area contributed by atoms with Crippen LogP contribution in [-0.4, -0.2) is 59.2 Å². The van der Waals surface area contributed by atoms with Crippen LogP contribution in [0.4, 0.5) is 5.69 Å². The average Bonchev–Trinajstić information content (AvgIpc) is 2.49. The summed E-state index contributed by atoms with van der Waals surface area (Å²) in [5.41, 5.74) is 2.16. The summed E-state index contributed by atoms with van der Waals surface area (Å²) in [5.74, 6) is -0.119. The number of carbonyl (C=O) groups excluding carboxylic acids is 1. The van der Waals surface area contributed by atoms with E-state index in [2.05, 4.69) is 24.1 Å². The van der Waals surface area contributed by atoms with E-state index in [0.29, 0.717) is 24.3 Å². The van der Waals surface area contributed by atoms with Crippen LogP contribution in [0.1, 0.15) is 36.2 Å². The van der Waals surface area contributed by atoms with Gasteiger partial charge in [-0.1, -0.05) is 13.8 Å². The van der Waals surface area contributed by atoms with Crippen molar-refractivity contribution >= 4 is 21.6 Å². The maximum atomic E-state index is 12.5. The van der Waals surface area contributed by atoms with E-state index in [1.165, 1.54) is 10.6 Å². The molecular weight excluding hydrogens is 338 g/mol. The van der Waals surface area contributed by atoms with Crippen molar-refractivity contribution in [2.75, 3.05) is 44.3 Å². The summed E-state index contributed by atoms with van der Waals surface area (Å²) in [7, 11) is 0.744. The highest BCUT2D eigenvalue weighted by Crippen LogP contribution is 2.29. The molecule has 6 nitrogen and oxygen atoms in total. The minimum Gasteiger partial charge on any atom is -0.351 e. The van der Waals surface area contributed by atoms with Crippen LogP contribution in [-0.2, 0) is 16.4 Å². The Morgan fingerprint density at radius 1 is 1.32 bits per heavy atom. The van der Waals surface area contributed by atoms with E-state index in [9.17, 15) is 13.2 Å². The number of carbonyl (C=O) groups is 1. The van der Waals surface area contributed by atoms with Crippen molar-refractivity contribution < 1.29 is 13.2 Å². The monoisotopic (exact) mass is 367 g/mol. The summed E-state index contributed by atoms with van der Waals surface area (Å²) in [6, 6.07) is 5.27. The number of amides is 1. The fraction of sp³-hybridized carbons (Fsp3) is 0.611. The highest BCUT2D eigenvalue weighted by molar-refractivity contribution is 7.92. The van der Waals surface area contributed by atoms with E-state index in [1.807, 2.05) is 20.2 Å². The first-order chi connectivity index (χ1) is 11.5. The van der Waals surface area contributed by atoms with Gasteiger partial charge in [0, 0.05) is 25.2 Å². The lowest BCUT2D eigenvalue weighted by atomic mass is 9.92. The number of sulfonamides is 1. The number of benzene rings is 1. The van der Waals surface area contributed by atoms with Gasteiger partial charge >= 0.3 is 0 Å². The average molecular weight is 368 g/mol. The van der Waals surface area contributed by atoms with Gasteiger partial charge in [0.15, 0.2) is 0 Å². The third-order valence-corrected chi connectivity index (χ3v) is 5.47. The summed E-state index contributed by atoms with van der Waals surface area (Å²) in [6.07, 6.45) is 2.77. The zero-order valence-electron chi connectivity index (χ0n) is 15.8. The van der Waals surface area contributed by atoms with Gasteiger partial charge in [0.1, 0.15) is 0 Å². The van der Waals surface area contributed by atoms with Crippen molar-refractivity contribution in [2.24, 2.45) is 5.41 Å². The Balaban J connectivity index is 2.13. The second-order valence-corrected chi connectivity index (χ2v) is 9.77. The van der Waals surface area contributed by atoms with E-state index in [1.54, 1.807) is 12.1 Å². The van der Waals surface area contributed by atoms with Crippen LogP contribution in [0.15, 0.2) is 18.2 Å². The number of rotatable bonds is 6. The summed E-state index contributed by atoms with van der Waals surface area (Å²) in [4.78, 5) is 14.6. The van der Waals surface area contributed by atoms with Gasteiger partial charge in [-0.05, 0) is 56.1 Å². The van der Waals surface area contributed by atoms with Crippen LogP contribution in [0.25, 0.3) is 0 Å². The molecule has 1 aromatic carbocycles. The van der Waals surface area contributed by atoms with E-state index in [0.717, 1.165) is 24.9 Å². The largest absolute Gasteiger partial charge is 0.351 e. The van der Waals surface area contributed by atoms with Gasteiger partial charge in [0.2, 0.25) is 10.0 Å². The summed E-state index contributed by atoms with van der Waals surface area (Å²) >= 11 is 0. The molecule has 1 aliphatic rings. The van der Waals surface area contributed by atoms with Gasteiger partial charge in [0.25, 0.3) is 5.91 Å². The van der Waals surface area contributed by atoms with Crippen molar-refractivity contribution in [3.05, 3.63) is 29.3 Å². The van der Waals surface area contributed by atoms with E-state index in [4.69, 9.17) is 0 Å². The maximum absolute atomic E-state index is 12.5. The van der Waals surface area contributed by atoms with Gasteiger partial charge in [-0.25, -0.2) is 8.42 Å². The molecule has 140 valence electrons. The number of hydrogen-bond acceptors (Lipinski definition) is 4.